The minimum absolute atomic E-state index is 0.0191. The maximum absolute atomic E-state index is 13.8. The van der Waals surface area contributed by atoms with Gasteiger partial charge in [0, 0.05) is 23.2 Å². The number of hydrogen-bond acceptors (Lipinski definition) is 7. The zero-order chi connectivity index (χ0) is 26.3. The highest BCUT2D eigenvalue weighted by atomic mass is 32.2. The van der Waals surface area contributed by atoms with Crippen LogP contribution in [-0.2, 0) is 22.6 Å². The van der Waals surface area contributed by atoms with Gasteiger partial charge < -0.3 is 14.8 Å². The minimum atomic E-state index is -4.82. The Labute approximate surface area is 204 Å². The van der Waals surface area contributed by atoms with Crippen molar-refractivity contribution in [1.82, 2.24) is 19.5 Å². The van der Waals surface area contributed by atoms with E-state index in [1.807, 2.05) is 18.6 Å². The van der Waals surface area contributed by atoms with Crippen LogP contribution in [0, 0.1) is 10.2 Å². The van der Waals surface area contributed by atoms with Gasteiger partial charge in [0.15, 0.2) is 9.92 Å². The normalized spacial score (nSPS) is 16.3. The summed E-state index contributed by atoms with van der Waals surface area (Å²) < 4.78 is 76.9. The molecule has 1 aromatic carbocycles. The Kier molecular flexibility index (Phi) is 6.32. The molecule has 0 saturated heterocycles. The second kappa shape index (κ2) is 9.00. The van der Waals surface area contributed by atoms with Gasteiger partial charge >= 0.3 is 12.2 Å². The maximum Gasteiger partial charge on any atom is 0.418 e. The summed E-state index contributed by atoms with van der Waals surface area (Å²) in [5, 5.41) is 6.22. The molecule has 0 fully saturated rings. The first kappa shape index (κ1) is 25.3. The number of benzene rings is 1. The smallest absolute Gasteiger partial charge is 0.418 e. The largest absolute Gasteiger partial charge is 0.481 e. The summed E-state index contributed by atoms with van der Waals surface area (Å²) in [5.74, 6) is 0.221. The second-order valence-electron chi connectivity index (χ2n) is 8.85. The van der Waals surface area contributed by atoms with E-state index in [0.717, 1.165) is 12.3 Å². The number of methoxy groups -OCH3 is 1. The summed E-state index contributed by atoms with van der Waals surface area (Å²) in [6.45, 7) is 4.58. The molecule has 2 amide bonds. The van der Waals surface area contributed by atoms with Crippen molar-refractivity contribution in [3.05, 3.63) is 48.3 Å². The van der Waals surface area contributed by atoms with E-state index in [0.29, 0.717) is 6.54 Å². The SMILES string of the molecule is COc1cc(-c2cccc(C(F)(F)F)c2NC(=O)NS(=N)(=O)c2cnn3c2OCC(C)(C)C3)ccn1. The Morgan fingerprint density at radius 1 is 1.31 bits per heavy atom. The minimum Gasteiger partial charge on any atom is -0.481 e. The van der Waals surface area contributed by atoms with Gasteiger partial charge in [0.05, 0.1) is 37.7 Å². The van der Waals surface area contributed by atoms with Crippen LogP contribution >= 0.6 is 0 Å². The number of fused-ring (bicyclic) bond motifs is 1. The number of nitrogens with zero attached hydrogens (tertiary/aromatic N) is 3. The van der Waals surface area contributed by atoms with Crippen LogP contribution in [0.3, 0.4) is 0 Å². The molecule has 3 heterocycles. The zero-order valence-electron chi connectivity index (χ0n) is 19.5. The van der Waals surface area contributed by atoms with Gasteiger partial charge in [-0.15, -0.1) is 0 Å². The van der Waals surface area contributed by atoms with E-state index < -0.39 is 33.4 Å². The molecule has 0 spiro atoms. The number of pyridine rings is 1. The quantitative estimate of drug-likeness (QED) is 0.449. The summed E-state index contributed by atoms with van der Waals surface area (Å²) in [7, 11) is -2.68. The maximum atomic E-state index is 13.8. The van der Waals surface area contributed by atoms with Gasteiger partial charge in [-0.05, 0) is 17.7 Å². The fourth-order valence-corrected chi connectivity index (χ4v) is 4.73. The van der Waals surface area contributed by atoms with Gasteiger partial charge in [0.2, 0.25) is 11.8 Å². The third-order valence-corrected chi connectivity index (χ3v) is 6.72. The average molecular weight is 525 g/mol. The number of hydrogen-bond donors (Lipinski definition) is 3. The predicted molar refractivity (Wildman–Crippen MR) is 124 cm³/mol. The molecule has 3 aromatic rings. The molecule has 192 valence electrons. The van der Waals surface area contributed by atoms with Crippen LogP contribution in [0.4, 0.5) is 23.7 Å². The van der Waals surface area contributed by atoms with Crippen molar-refractivity contribution in [3.63, 3.8) is 0 Å². The zero-order valence-corrected chi connectivity index (χ0v) is 20.3. The van der Waals surface area contributed by atoms with Crippen LogP contribution in [0.15, 0.2) is 47.6 Å². The highest BCUT2D eigenvalue weighted by molar-refractivity contribution is 7.91. The molecule has 0 bridgehead atoms. The molecule has 4 rings (SSSR count). The van der Waals surface area contributed by atoms with E-state index in [4.69, 9.17) is 14.3 Å². The lowest BCUT2D eigenvalue weighted by molar-refractivity contribution is -0.136. The summed E-state index contributed by atoms with van der Waals surface area (Å²) in [4.78, 5) is 16.5. The molecular weight excluding hydrogens is 501 g/mol. The molecule has 0 radical (unpaired) electrons. The van der Waals surface area contributed by atoms with Gasteiger partial charge in [0.1, 0.15) is 4.90 Å². The number of carbonyl (C=O) groups is 1. The van der Waals surface area contributed by atoms with E-state index in [2.05, 4.69) is 15.4 Å². The van der Waals surface area contributed by atoms with E-state index >= 15 is 0 Å². The number of urea groups is 1. The summed E-state index contributed by atoms with van der Waals surface area (Å²) in [6.07, 6.45) is -2.33. The molecule has 14 heteroatoms. The highest BCUT2D eigenvalue weighted by Gasteiger charge is 2.36. The van der Waals surface area contributed by atoms with Crippen molar-refractivity contribution in [2.75, 3.05) is 19.0 Å². The highest BCUT2D eigenvalue weighted by Crippen LogP contribution is 2.41. The molecule has 1 aliphatic rings. The molecule has 1 aliphatic heterocycles. The molecular formula is C22H23F3N6O4S. The van der Waals surface area contributed by atoms with E-state index in [-0.39, 0.29) is 39.8 Å². The van der Waals surface area contributed by atoms with Crippen LogP contribution in [-0.4, -0.2) is 38.7 Å². The van der Waals surface area contributed by atoms with E-state index in [1.165, 1.54) is 42.3 Å². The predicted octanol–water partition coefficient (Wildman–Crippen LogP) is 4.53. The molecule has 1 atom stereocenters. The molecule has 0 aliphatic carbocycles. The van der Waals surface area contributed by atoms with Crippen LogP contribution in [0.25, 0.3) is 11.1 Å². The standard InChI is InChI=1S/C22H23F3N6O4S/c1-21(2)11-31-19(35-12-21)16(10-28-31)36(26,33)30-20(32)29-18-14(5-4-6-15(18)22(23,24)25)13-7-8-27-17(9-13)34-3/h4-10H,11-12H2,1-3H3,(H3,26,29,30,32,33). The molecule has 10 nitrogen and oxygen atoms in total. The fraction of sp³-hybridized carbons (Fsp3) is 0.318. The van der Waals surface area contributed by atoms with Crippen molar-refractivity contribution in [3.8, 4) is 22.9 Å². The molecule has 36 heavy (non-hydrogen) atoms. The lowest BCUT2D eigenvalue weighted by atomic mass is 9.94. The molecule has 0 saturated carbocycles. The fourth-order valence-electron chi connectivity index (χ4n) is 3.70. The number of carbonyl (C=O) groups excluding carboxylic acids is 1. The first-order valence-corrected chi connectivity index (χ1v) is 12.1. The Balaban J connectivity index is 1.67. The third-order valence-electron chi connectivity index (χ3n) is 5.35. The number of anilines is 1. The molecule has 3 N–H and O–H groups in total. The van der Waals surface area contributed by atoms with Crippen LogP contribution in [0.5, 0.6) is 11.8 Å². The van der Waals surface area contributed by atoms with Gasteiger partial charge in [-0.25, -0.2) is 28.2 Å². The monoisotopic (exact) mass is 524 g/mol. The number of amides is 2. The number of aromatic nitrogens is 3. The lowest BCUT2D eigenvalue weighted by Crippen LogP contribution is -2.36. The Morgan fingerprint density at radius 2 is 2.06 bits per heavy atom. The Morgan fingerprint density at radius 3 is 2.75 bits per heavy atom. The van der Waals surface area contributed by atoms with Gasteiger partial charge in [0.25, 0.3) is 0 Å². The van der Waals surface area contributed by atoms with Crippen molar-refractivity contribution < 1.29 is 31.6 Å². The second-order valence-corrected chi connectivity index (χ2v) is 10.6. The van der Waals surface area contributed by atoms with Crippen LogP contribution in [0.1, 0.15) is 19.4 Å². The van der Waals surface area contributed by atoms with Crippen LogP contribution in [0.2, 0.25) is 0 Å². The van der Waals surface area contributed by atoms with Gasteiger partial charge in [-0.1, -0.05) is 26.0 Å². The van der Waals surface area contributed by atoms with Crippen molar-refractivity contribution in [2.24, 2.45) is 5.41 Å². The van der Waals surface area contributed by atoms with Crippen molar-refractivity contribution in [1.29, 1.82) is 4.78 Å². The number of nitrogens with one attached hydrogen (secondary N) is 3. The Bertz CT molecular complexity index is 1420. The van der Waals surface area contributed by atoms with Crippen molar-refractivity contribution in [2.45, 2.75) is 31.5 Å². The summed E-state index contributed by atoms with van der Waals surface area (Å²) >= 11 is 0. The van der Waals surface area contributed by atoms with E-state index in [1.54, 1.807) is 0 Å². The number of para-hydroxylation sites is 1. The summed E-state index contributed by atoms with van der Waals surface area (Å²) in [6, 6.07) is 4.96. The first-order valence-electron chi connectivity index (χ1n) is 10.6. The lowest BCUT2D eigenvalue weighted by Gasteiger charge is -2.30. The average Bonchev–Trinajstić information content (AvgIpc) is 3.21. The van der Waals surface area contributed by atoms with Gasteiger partial charge in [-0.2, -0.15) is 18.3 Å². The number of rotatable bonds is 5. The number of alkyl halides is 3. The van der Waals surface area contributed by atoms with E-state index in [9.17, 15) is 22.2 Å². The molecule has 1 unspecified atom stereocenters. The van der Waals surface area contributed by atoms with Crippen LogP contribution < -0.4 is 19.5 Å². The van der Waals surface area contributed by atoms with Gasteiger partial charge in [-0.3, -0.25) is 0 Å². The third kappa shape index (κ3) is 5.08. The number of halogens is 3. The Hall–Kier alpha value is -3.81. The summed E-state index contributed by atoms with van der Waals surface area (Å²) in [5.41, 5.74) is -1.66. The molecule has 2 aromatic heterocycles. The number of ether oxygens (including phenoxy) is 2. The first-order chi connectivity index (χ1) is 16.8. The van der Waals surface area contributed by atoms with Crippen molar-refractivity contribution >= 4 is 21.6 Å². The topological polar surface area (TPSA) is 131 Å².